The highest BCUT2D eigenvalue weighted by atomic mass is 32.2. The minimum absolute atomic E-state index is 0.0316. The number of hydrogen-bond acceptors (Lipinski definition) is 5. The fourth-order valence-corrected chi connectivity index (χ4v) is 5.78. The van der Waals surface area contributed by atoms with Gasteiger partial charge in [-0.2, -0.15) is 17.5 Å². The van der Waals surface area contributed by atoms with Gasteiger partial charge in [0.2, 0.25) is 26.0 Å². The Kier molecular flexibility index (Phi) is 8.59. The van der Waals surface area contributed by atoms with Crippen LogP contribution in [-0.4, -0.2) is 46.7 Å². The van der Waals surface area contributed by atoms with E-state index >= 15 is 0 Å². The summed E-state index contributed by atoms with van der Waals surface area (Å²) in [6.07, 6.45) is -3.95. The Balaban J connectivity index is 1.52. The standard InChI is InChI=1S/C23H26F3N3O5S2/c1-2-35(31,32)28-15-19-11-12-29(16-19)36(33,34)21-9-5-17(6-10-21)13-22(30)27-14-18-3-7-20(8-4-18)23(24,25)26/h2-10,19,28H,1,11-16H2,(H,27,30)/t19-/m1/s1. The molecule has 0 aromatic heterocycles. The first kappa shape index (κ1) is 27.8. The van der Waals surface area contributed by atoms with Crippen molar-refractivity contribution in [2.45, 2.75) is 30.5 Å². The maximum absolute atomic E-state index is 12.9. The molecule has 1 fully saturated rings. The summed E-state index contributed by atoms with van der Waals surface area (Å²) in [4.78, 5) is 12.3. The average molecular weight is 546 g/mol. The number of alkyl halides is 3. The number of benzene rings is 2. The summed E-state index contributed by atoms with van der Waals surface area (Å²) >= 11 is 0. The van der Waals surface area contributed by atoms with Crippen molar-refractivity contribution in [2.24, 2.45) is 5.92 Å². The molecule has 0 saturated carbocycles. The Morgan fingerprint density at radius 1 is 1.03 bits per heavy atom. The van der Waals surface area contributed by atoms with Crippen molar-refractivity contribution < 1.29 is 34.8 Å². The lowest BCUT2D eigenvalue weighted by molar-refractivity contribution is -0.137. The molecule has 0 spiro atoms. The summed E-state index contributed by atoms with van der Waals surface area (Å²) in [5.41, 5.74) is 0.311. The van der Waals surface area contributed by atoms with E-state index in [1.54, 1.807) is 0 Å². The van der Waals surface area contributed by atoms with Gasteiger partial charge in [0.1, 0.15) is 0 Å². The van der Waals surface area contributed by atoms with Crippen molar-refractivity contribution in [3.63, 3.8) is 0 Å². The molecule has 0 bridgehead atoms. The zero-order chi connectivity index (χ0) is 26.6. The second-order valence-corrected chi connectivity index (χ2v) is 12.0. The minimum atomic E-state index is -4.43. The van der Waals surface area contributed by atoms with E-state index in [-0.39, 0.29) is 49.3 Å². The molecule has 2 aromatic carbocycles. The number of nitrogens with one attached hydrogen (secondary N) is 2. The molecule has 2 aromatic rings. The third-order valence-electron chi connectivity index (χ3n) is 5.74. The average Bonchev–Trinajstić information content (AvgIpc) is 3.32. The van der Waals surface area contributed by atoms with Crippen LogP contribution >= 0.6 is 0 Å². The molecule has 1 aliphatic heterocycles. The van der Waals surface area contributed by atoms with E-state index in [1.807, 2.05) is 0 Å². The molecule has 0 aliphatic carbocycles. The second kappa shape index (κ2) is 11.1. The van der Waals surface area contributed by atoms with Gasteiger partial charge in [0.25, 0.3) is 0 Å². The first-order valence-corrected chi connectivity index (χ1v) is 13.9. The number of sulfonamides is 2. The number of hydrogen-bond donors (Lipinski definition) is 2. The molecular weight excluding hydrogens is 519 g/mol. The lowest BCUT2D eigenvalue weighted by Crippen LogP contribution is -2.32. The molecule has 196 valence electrons. The Morgan fingerprint density at radius 3 is 2.22 bits per heavy atom. The van der Waals surface area contributed by atoms with Crippen LogP contribution in [-0.2, 0) is 44.0 Å². The van der Waals surface area contributed by atoms with Crippen LogP contribution in [0.1, 0.15) is 23.1 Å². The van der Waals surface area contributed by atoms with Crippen LogP contribution in [0.4, 0.5) is 13.2 Å². The monoisotopic (exact) mass is 545 g/mol. The van der Waals surface area contributed by atoms with Crippen LogP contribution in [0.25, 0.3) is 0 Å². The highest BCUT2D eigenvalue weighted by Crippen LogP contribution is 2.29. The SMILES string of the molecule is C=CS(=O)(=O)NC[C@H]1CCN(S(=O)(=O)c2ccc(CC(=O)NCc3ccc(C(F)(F)F)cc3)cc2)C1. The highest BCUT2D eigenvalue weighted by Gasteiger charge is 2.33. The van der Waals surface area contributed by atoms with Gasteiger partial charge in [-0.15, -0.1) is 0 Å². The first-order valence-electron chi connectivity index (χ1n) is 10.9. The molecule has 3 rings (SSSR count). The van der Waals surface area contributed by atoms with E-state index in [4.69, 9.17) is 0 Å². The van der Waals surface area contributed by atoms with Gasteiger partial charge in [0.15, 0.2) is 0 Å². The smallest absolute Gasteiger partial charge is 0.352 e. The second-order valence-electron chi connectivity index (χ2n) is 8.37. The van der Waals surface area contributed by atoms with Crippen LogP contribution in [0.15, 0.2) is 65.4 Å². The van der Waals surface area contributed by atoms with Gasteiger partial charge in [-0.3, -0.25) is 4.79 Å². The summed E-state index contributed by atoms with van der Waals surface area (Å²) < 4.78 is 90.4. The maximum Gasteiger partial charge on any atom is 0.416 e. The number of amides is 1. The van der Waals surface area contributed by atoms with E-state index in [0.717, 1.165) is 17.5 Å². The predicted molar refractivity (Wildman–Crippen MR) is 127 cm³/mol. The van der Waals surface area contributed by atoms with Crippen LogP contribution in [0.2, 0.25) is 0 Å². The fraction of sp³-hybridized carbons (Fsp3) is 0.348. The summed E-state index contributed by atoms with van der Waals surface area (Å²) in [5.74, 6) is -0.531. The molecule has 1 saturated heterocycles. The molecule has 0 unspecified atom stereocenters. The van der Waals surface area contributed by atoms with E-state index in [9.17, 15) is 34.8 Å². The summed E-state index contributed by atoms with van der Waals surface area (Å²) in [6, 6.07) is 10.3. The lowest BCUT2D eigenvalue weighted by atomic mass is 10.1. The van der Waals surface area contributed by atoms with Gasteiger partial charge >= 0.3 is 6.18 Å². The van der Waals surface area contributed by atoms with E-state index in [1.165, 1.54) is 40.7 Å². The topological polar surface area (TPSA) is 113 Å². The van der Waals surface area contributed by atoms with Gasteiger partial charge in [-0.25, -0.2) is 21.6 Å². The van der Waals surface area contributed by atoms with Crippen molar-refractivity contribution in [1.82, 2.24) is 14.3 Å². The molecule has 1 aliphatic rings. The van der Waals surface area contributed by atoms with Crippen LogP contribution in [0.3, 0.4) is 0 Å². The largest absolute Gasteiger partial charge is 0.416 e. The van der Waals surface area contributed by atoms with Gasteiger partial charge in [-0.05, 0) is 47.7 Å². The van der Waals surface area contributed by atoms with Crippen molar-refractivity contribution >= 4 is 26.0 Å². The van der Waals surface area contributed by atoms with Crippen LogP contribution < -0.4 is 10.0 Å². The van der Waals surface area contributed by atoms with Crippen LogP contribution in [0.5, 0.6) is 0 Å². The van der Waals surface area contributed by atoms with Crippen molar-refractivity contribution in [3.05, 3.63) is 77.2 Å². The number of carbonyl (C=O) groups excluding carboxylic acids is 1. The molecule has 1 heterocycles. The molecule has 1 atom stereocenters. The fourth-order valence-electron chi connectivity index (χ4n) is 3.66. The molecule has 1 amide bonds. The molecule has 8 nitrogen and oxygen atoms in total. The summed E-state index contributed by atoms with van der Waals surface area (Å²) in [6.45, 7) is 3.82. The molecule has 13 heteroatoms. The maximum atomic E-state index is 12.9. The third kappa shape index (κ3) is 7.38. The Morgan fingerprint density at radius 2 is 1.64 bits per heavy atom. The van der Waals surface area contributed by atoms with E-state index < -0.39 is 31.8 Å². The van der Waals surface area contributed by atoms with Gasteiger partial charge in [0, 0.05) is 31.6 Å². The zero-order valence-corrected chi connectivity index (χ0v) is 20.8. The molecule has 36 heavy (non-hydrogen) atoms. The molecule has 0 radical (unpaired) electrons. The van der Waals surface area contributed by atoms with Gasteiger partial charge in [-0.1, -0.05) is 30.8 Å². The van der Waals surface area contributed by atoms with Crippen LogP contribution in [0, 0.1) is 5.92 Å². The van der Waals surface area contributed by atoms with Crippen molar-refractivity contribution in [2.75, 3.05) is 19.6 Å². The zero-order valence-electron chi connectivity index (χ0n) is 19.2. The van der Waals surface area contributed by atoms with E-state index in [0.29, 0.717) is 17.5 Å². The number of halogens is 3. The summed E-state index contributed by atoms with van der Waals surface area (Å²) in [7, 11) is -7.36. The first-order chi connectivity index (χ1) is 16.8. The van der Waals surface area contributed by atoms with Crippen molar-refractivity contribution in [1.29, 1.82) is 0 Å². The lowest BCUT2D eigenvalue weighted by Gasteiger charge is -2.17. The quantitative estimate of drug-likeness (QED) is 0.477. The minimum Gasteiger partial charge on any atom is -0.352 e. The molecular formula is C23H26F3N3O5S2. The highest BCUT2D eigenvalue weighted by molar-refractivity contribution is 7.92. The van der Waals surface area contributed by atoms with Gasteiger partial charge in [0.05, 0.1) is 16.9 Å². The summed E-state index contributed by atoms with van der Waals surface area (Å²) in [5, 5.41) is 3.42. The number of rotatable bonds is 10. The van der Waals surface area contributed by atoms with Gasteiger partial charge < -0.3 is 5.32 Å². The predicted octanol–water partition coefficient (Wildman–Crippen LogP) is 2.64. The number of carbonyl (C=O) groups is 1. The normalized spacial score (nSPS) is 17.1. The number of nitrogens with zero attached hydrogens (tertiary/aromatic N) is 1. The van der Waals surface area contributed by atoms with E-state index in [2.05, 4.69) is 16.6 Å². The Bertz CT molecular complexity index is 1290. The Hall–Kier alpha value is -2.74. The molecule has 2 N–H and O–H groups in total. The third-order valence-corrected chi connectivity index (χ3v) is 8.63. The Labute approximate surface area is 208 Å². The van der Waals surface area contributed by atoms with Crippen molar-refractivity contribution in [3.8, 4) is 0 Å².